The van der Waals surface area contributed by atoms with Crippen molar-refractivity contribution in [1.29, 1.82) is 5.26 Å². The minimum atomic E-state index is -0.547. The standard InChI is InChI=1S/C25H18FNO3/c1-29-24-5-3-2-4-23(24)20(17-27)16-19-8-13-22(14-9-19)30-25(28)15-10-18-6-11-21(26)12-7-18/h2-16H,1H3/b15-10+,20-16-. The fraction of sp³-hybridized carbons (Fsp3) is 0.0400. The van der Waals surface area contributed by atoms with Crippen LogP contribution in [0.5, 0.6) is 11.5 Å². The number of ether oxygens (including phenoxy) is 2. The number of allylic oxidation sites excluding steroid dienone is 1. The third kappa shape index (κ3) is 5.43. The summed E-state index contributed by atoms with van der Waals surface area (Å²) in [5.74, 6) is 0.101. The molecule has 0 bridgehead atoms. The van der Waals surface area contributed by atoms with Crippen molar-refractivity contribution < 1.29 is 18.7 Å². The van der Waals surface area contributed by atoms with Gasteiger partial charge in [-0.05, 0) is 59.7 Å². The van der Waals surface area contributed by atoms with Gasteiger partial charge in [0.2, 0.25) is 0 Å². The number of esters is 1. The van der Waals surface area contributed by atoms with Crippen molar-refractivity contribution in [3.05, 3.63) is 101 Å². The summed E-state index contributed by atoms with van der Waals surface area (Å²) in [5.41, 5.74) is 2.62. The molecule has 0 aliphatic heterocycles. The number of nitriles is 1. The van der Waals surface area contributed by atoms with Gasteiger partial charge in [-0.25, -0.2) is 9.18 Å². The number of carbonyl (C=O) groups is 1. The van der Waals surface area contributed by atoms with Crippen LogP contribution in [0.4, 0.5) is 4.39 Å². The van der Waals surface area contributed by atoms with Gasteiger partial charge in [-0.15, -0.1) is 0 Å². The van der Waals surface area contributed by atoms with Gasteiger partial charge in [0, 0.05) is 11.6 Å². The van der Waals surface area contributed by atoms with Gasteiger partial charge in [0.15, 0.2) is 0 Å². The van der Waals surface area contributed by atoms with Crippen molar-refractivity contribution in [2.24, 2.45) is 0 Å². The molecule has 0 atom stereocenters. The summed E-state index contributed by atoms with van der Waals surface area (Å²) in [7, 11) is 1.56. The lowest BCUT2D eigenvalue weighted by Crippen LogP contribution is -2.03. The average molecular weight is 399 g/mol. The van der Waals surface area contributed by atoms with Gasteiger partial charge in [-0.1, -0.05) is 36.4 Å². The largest absolute Gasteiger partial charge is 0.496 e. The monoisotopic (exact) mass is 399 g/mol. The maximum Gasteiger partial charge on any atom is 0.336 e. The van der Waals surface area contributed by atoms with Crippen LogP contribution in [-0.4, -0.2) is 13.1 Å². The zero-order valence-electron chi connectivity index (χ0n) is 16.2. The second-order valence-electron chi connectivity index (χ2n) is 6.25. The van der Waals surface area contributed by atoms with E-state index in [1.165, 1.54) is 18.2 Å². The summed E-state index contributed by atoms with van der Waals surface area (Å²) in [4.78, 5) is 12.0. The number of hydrogen-bond acceptors (Lipinski definition) is 4. The van der Waals surface area contributed by atoms with Crippen molar-refractivity contribution in [1.82, 2.24) is 0 Å². The van der Waals surface area contributed by atoms with Crippen LogP contribution in [0.15, 0.2) is 78.9 Å². The molecule has 3 rings (SSSR count). The lowest BCUT2D eigenvalue weighted by atomic mass is 10.0. The zero-order valence-corrected chi connectivity index (χ0v) is 16.2. The van der Waals surface area contributed by atoms with Gasteiger partial charge < -0.3 is 9.47 Å². The molecule has 0 aliphatic rings. The van der Waals surface area contributed by atoms with Crippen LogP contribution >= 0.6 is 0 Å². The first-order valence-electron chi connectivity index (χ1n) is 9.10. The first-order chi connectivity index (χ1) is 14.6. The SMILES string of the molecule is COc1ccccc1/C(C#N)=C\c1ccc(OC(=O)/C=C/c2ccc(F)cc2)cc1. The molecule has 0 saturated heterocycles. The molecule has 0 fully saturated rings. The van der Waals surface area contributed by atoms with Crippen LogP contribution in [0, 0.1) is 17.1 Å². The van der Waals surface area contributed by atoms with E-state index < -0.39 is 5.97 Å². The number of carbonyl (C=O) groups excluding carboxylic acids is 1. The molecule has 148 valence electrons. The van der Waals surface area contributed by atoms with Gasteiger partial charge in [-0.2, -0.15) is 5.26 Å². The smallest absolute Gasteiger partial charge is 0.336 e. The minimum Gasteiger partial charge on any atom is -0.496 e. The molecule has 0 amide bonds. The third-order valence-electron chi connectivity index (χ3n) is 4.21. The molecule has 0 heterocycles. The second-order valence-corrected chi connectivity index (χ2v) is 6.25. The summed E-state index contributed by atoms with van der Waals surface area (Å²) in [5, 5.41) is 9.53. The van der Waals surface area contributed by atoms with E-state index in [4.69, 9.17) is 9.47 Å². The van der Waals surface area contributed by atoms with E-state index >= 15 is 0 Å². The van der Waals surface area contributed by atoms with E-state index in [2.05, 4.69) is 6.07 Å². The molecule has 0 radical (unpaired) electrons. The molecule has 0 spiro atoms. The third-order valence-corrected chi connectivity index (χ3v) is 4.21. The predicted octanol–water partition coefficient (Wildman–Crippen LogP) is 5.52. The van der Waals surface area contributed by atoms with E-state index in [-0.39, 0.29) is 5.82 Å². The molecule has 30 heavy (non-hydrogen) atoms. The summed E-state index contributed by atoms with van der Waals surface area (Å²) >= 11 is 0. The van der Waals surface area contributed by atoms with Crippen molar-refractivity contribution >= 4 is 23.7 Å². The molecule has 0 unspecified atom stereocenters. The Bertz CT molecular complexity index is 1120. The summed E-state index contributed by atoms with van der Waals surface area (Å²) < 4.78 is 23.5. The fourth-order valence-corrected chi connectivity index (χ4v) is 2.72. The highest BCUT2D eigenvalue weighted by Crippen LogP contribution is 2.27. The Labute approximate surface area is 174 Å². The molecular weight excluding hydrogens is 381 g/mol. The minimum absolute atomic E-state index is 0.339. The molecule has 0 saturated carbocycles. The molecule has 5 heteroatoms. The molecule has 0 aromatic heterocycles. The van der Waals surface area contributed by atoms with Crippen molar-refractivity contribution in [3.63, 3.8) is 0 Å². The van der Waals surface area contributed by atoms with Crippen LogP contribution in [0.1, 0.15) is 16.7 Å². The van der Waals surface area contributed by atoms with Crippen LogP contribution in [-0.2, 0) is 4.79 Å². The van der Waals surface area contributed by atoms with Crippen LogP contribution < -0.4 is 9.47 Å². The summed E-state index contributed by atoms with van der Waals surface area (Å²) in [6, 6.07) is 22.0. The van der Waals surface area contributed by atoms with Crippen molar-refractivity contribution in [2.75, 3.05) is 7.11 Å². The summed E-state index contributed by atoms with van der Waals surface area (Å²) in [6.07, 6.45) is 4.56. The van der Waals surface area contributed by atoms with E-state index in [0.717, 1.165) is 5.56 Å². The Morgan fingerprint density at radius 2 is 1.63 bits per heavy atom. The van der Waals surface area contributed by atoms with Crippen molar-refractivity contribution in [2.45, 2.75) is 0 Å². The fourth-order valence-electron chi connectivity index (χ4n) is 2.72. The van der Waals surface area contributed by atoms with Gasteiger partial charge >= 0.3 is 5.97 Å². The van der Waals surface area contributed by atoms with Gasteiger partial charge in [-0.3, -0.25) is 0 Å². The number of rotatable bonds is 6. The molecule has 0 aliphatic carbocycles. The molecule has 4 nitrogen and oxygen atoms in total. The Morgan fingerprint density at radius 1 is 0.967 bits per heavy atom. The first kappa shape index (κ1) is 20.6. The highest BCUT2D eigenvalue weighted by Gasteiger charge is 2.08. The number of halogens is 1. The topological polar surface area (TPSA) is 59.3 Å². The first-order valence-corrected chi connectivity index (χ1v) is 9.10. The van der Waals surface area contributed by atoms with Crippen LogP contribution in [0.25, 0.3) is 17.7 Å². The lowest BCUT2D eigenvalue weighted by Gasteiger charge is -2.07. The molecule has 3 aromatic carbocycles. The normalized spacial score (nSPS) is 11.2. The van der Waals surface area contributed by atoms with Crippen molar-refractivity contribution in [3.8, 4) is 17.6 Å². The number of hydrogen-bond donors (Lipinski definition) is 0. The molecular formula is C25H18FNO3. The maximum atomic E-state index is 12.9. The molecule has 0 N–H and O–H groups in total. The van der Waals surface area contributed by atoms with Crippen LogP contribution in [0.3, 0.4) is 0 Å². The second kappa shape index (κ2) is 9.85. The van der Waals surface area contributed by atoms with Gasteiger partial charge in [0.05, 0.1) is 18.8 Å². The lowest BCUT2D eigenvalue weighted by molar-refractivity contribution is -0.128. The van der Waals surface area contributed by atoms with E-state index in [1.807, 2.05) is 18.2 Å². The number of nitrogens with zero attached hydrogens (tertiary/aromatic N) is 1. The average Bonchev–Trinajstić information content (AvgIpc) is 2.78. The predicted molar refractivity (Wildman–Crippen MR) is 114 cm³/mol. The van der Waals surface area contributed by atoms with Gasteiger partial charge in [0.25, 0.3) is 0 Å². The molecule has 3 aromatic rings. The highest BCUT2D eigenvalue weighted by atomic mass is 19.1. The quantitative estimate of drug-likeness (QED) is 0.180. The Balaban J connectivity index is 1.69. The Hall–Kier alpha value is -4.17. The summed E-state index contributed by atoms with van der Waals surface area (Å²) in [6.45, 7) is 0. The van der Waals surface area contributed by atoms with E-state index in [0.29, 0.717) is 28.2 Å². The highest BCUT2D eigenvalue weighted by molar-refractivity contribution is 5.92. The Kier molecular flexibility index (Phi) is 6.75. The van der Waals surface area contributed by atoms with Gasteiger partial charge in [0.1, 0.15) is 17.3 Å². The zero-order chi connectivity index (χ0) is 21.3. The number of benzene rings is 3. The maximum absolute atomic E-state index is 12.9. The number of para-hydroxylation sites is 1. The number of methoxy groups -OCH3 is 1. The van der Waals surface area contributed by atoms with E-state index in [9.17, 15) is 14.4 Å². The van der Waals surface area contributed by atoms with E-state index in [1.54, 1.807) is 61.7 Å². The Morgan fingerprint density at radius 3 is 2.30 bits per heavy atom. The van der Waals surface area contributed by atoms with Crippen LogP contribution in [0.2, 0.25) is 0 Å².